The molecule has 2 heteroatoms. The Hall–Kier alpha value is -0.530. The summed E-state index contributed by atoms with van der Waals surface area (Å²) >= 11 is 0. The highest BCUT2D eigenvalue weighted by molar-refractivity contribution is 5.82. The average Bonchev–Trinajstić information content (AvgIpc) is 2.68. The minimum absolute atomic E-state index is 0.275. The van der Waals surface area contributed by atoms with Crippen LogP contribution in [-0.2, 0) is 4.79 Å². The van der Waals surface area contributed by atoms with E-state index in [0.29, 0.717) is 23.8 Å². The first-order valence-corrected chi connectivity index (χ1v) is 5.31. The third-order valence-corrected chi connectivity index (χ3v) is 3.78. The van der Waals surface area contributed by atoms with Gasteiger partial charge in [-0.15, -0.1) is 0 Å². The molecule has 3 unspecified atom stereocenters. The van der Waals surface area contributed by atoms with Gasteiger partial charge in [-0.05, 0) is 30.6 Å². The highest BCUT2D eigenvalue weighted by Crippen LogP contribution is 2.51. The van der Waals surface area contributed by atoms with Crippen LogP contribution in [0.1, 0.15) is 40.0 Å². The number of amides is 1. The van der Waals surface area contributed by atoms with Crippen molar-refractivity contribution in [2.75, 3.05) is 0 Å². The van der Waals surface area contributed by atoms with Crippen molar-refractivity contribution in [2.45, 2.75) is 46.1 Å². The summed E-state index contributed by atoms with van der Waals surface area (Å²) in [5.74, 6) is 1.28. The minimum Gasteiger partial charge on any atom is -0.353 e. The highest BCUT2D eigenvalue weighted by atomic mass is 16.2. The van der Waals surface area contributed by atoms with Crippen molar-refractivity contribution in [2.24, 2.45) is 17.3 Å². The van der Waals surface area contributed by atoms with E-state index in [9.17, 15) is 4.79 Å². The van der Waals surface area contributed by atoms with Gasteiger partial charge in [-0.2, -0.15) is 0 Å². The van der Waals surface area contributed by atoms with E-state index in [1.807, 2.05) is 0 Å². The highest BCUT2D eigenvalue weighted by Gasteiger charge is 2.51. The van der Waals surface area contributed by atoms with Crippen LogP contribution >= 0.6 is 0 Å². The lowest BCUT2D eigenvalue weighted by atomic mass is 9.81. The Labute approximate surface area is 80.1 Å². The maximum atomic E-state index is 11.7. The normalized spacial score (nSPS) is 40.7. The first kappa shape index (κ1) is 9.04. The van der Waals surface area contributed by atoms with E-state index < -0.39 is 0 Å². The first-order chi connectivity index (χ1) is 6.00. The van der Waals surface area contributed by atoms with Crippen LogP contribution in [0.15, 0.2) is 0 Å². The molecular formula is C11H19NO. The maximum absolute atomic E-state index is 11.7. The number of hydrogen-bond acceptors (Lipinski definition) is 1. The van der Waals surface area contributed by atoms with E-state index >= 15 is 0 Å². The average molecular weight is 181 g/mol. The van der Waals surface area contributed by atoms with Gasteiger partial charge in [0, 0.05) is 12.0 Å². The molecule has 2 fully saturated rings. The fourth-order valence-corrected chi connectivity index (χ4v) is 2.08. The van der Waals surface area contributed by atoms with Crippen molar-refractivity contribution >= 4 is 5.91 Å². The van der Waals surface area contributed by atoms with Crippen LogP contribution in [0.3, 0.4) is 0 Å². The topological polar surface area (TPSA) is 29.1 Å². The molecule has 74 valence electrons. The lowest BCUT2D eigenvalue weighted by molar-refractivity contribution is -0.124. The van der Waals surface area contributed by atoms with Crippen LogP contribution in [0, 0.1) is 17.3 Å². The lowest BCUT2D eigenvalue weighted by Crippen LogP contribution is -2.46. The molecule has 13 heavy (non-hydrogen) atoms. The second-order valence-electron chi connectivity index (χ2n) is 5.42. The molecule has 0 aromatic carbocycles. The van der Waals surface area contributed by atoms with Gasteiger partial charge >= 0.3 is 0 Å². The molecule has 2 rings (SSSR count). The molecule has 3 atom stereocenters. The van der Waals surface area contributed by atoms with Gasteiger partial charge in [-0.25, -0.2) is 0 Å². The summed E-state index contributed by atoms with van der Waals surface area (Å²) in [5, 5.41) is 3.14. The Morgan fingerprint density at radius 1 is 1.38 bits per heavy atom. The molecule has 0 aromatic rings. The summed E-state index contributed by atoms with van der Waals surface area (Å²) < 4.78 is 0. The van der Waals surface area contributed by atoms with Crippen LogP contribution in [0.4, 0.5) is 0 Å². The first-order valence-electron chi connectivity index (χ1n) is 5.31. The molecule has 2 nitrogen and oxygen atoms in total. The fourth-order valence-electron chi connectivity index (χ4n) is 2.08. The SMILES string of the molecule is CC1CCC1NC(=O)C1CC1(C)C. The summed E-state index contributed by atoms with van der Waals surface area (Å²) in [6, 6.07) is 0.476. The van der Waals surface area contributed by atoms with Crippen molar-refractivity contribution in [3.63, 3.8) is 0 Å². The van der Waals surface area contributed by atoms with Gasteiger partial charge in [0.25, 0.3) is 0 Å². The van der Waals surface area contributed by atoms with Crippen molar-refractivity contribution in [3.05, 3.63) is 0 Å². The van der Waals surface area contributed by atoms with Crippen molar-refractivity contribution < 1.29 is 4.79 Å². The van der Waals surface area contributed by atoms with Crippen LogP contribution in [0.5, 0.6) is 0 Å². The molecule has 0 spiro atoms. The molecule has 2 saturated carbocycles. The molecular weight excluding hydrogens is 162 g/mol. The number of nitrogens with one attached hydrogen (secondary N) is 1. The summed E-state index contributed by atoms with van der Waals surface area (Å²) in [5.41, 5.74) is 0.275. The Balaban J connectivity index is 1.80. The predicted molar refractivity (Wildman–Crippen MR) is 52.2 cm³/mol. The number of carbonyl (C=O) groups is 1. The molecule has 0 heterocycles. The summed E-state index contributed by atoms with van der Waals surface area (Å²) in [4.78, 5) is 11.7. The van der Waals surface area contributed by atoms with Gasteiger partial charge in [0.05, 0.1) is 0 Å². The zero-order valence-corrected chi connectivity index (χ0v) is 8.76. The van der Waals surface area contributed by atoms with Gasteiger partial charge in [-0.3, -0.25) is 4.79 Å². The lowest BCUT2D eigenvalue weighted by Gasteiger charge is -2.34. The van der Waals surface area contributed by atoms with E-state index in [1.165, 1.54) is 12.8 Å². The van der Waals surface area contributed by atoms with Gasteiger partial charge in [0.15, 0.2) is 0 Å². The Morgan fingerprint density at radius 2 is 2.00 bits per heavy atom. The van der Waals surface area contributed by atoms with Crippen LogP contribution in [-0.4, -0.2) is 11.9 Å². The third kappa shape index (κ3) is 1.59. The van der Waals surface area contributed by atoms with E-state index in [2.05, 4.69) is 26.1 Å². The Morgan fingerprint density at radius 3 is 2.31 bits per heavy atom. The smallest absolute Gasteiger partial charge is 0.223 e. The standard InChI is InChI=1S/C11H19NO/c1-7-4-5-9(7)12-10(13)8-6-11(8,2)3/h7-9H,4-6H2,1-3H3,(H,12,13). The number of rotatable bonds is 2. The van der Waals surface area contributed by atoms with Crippen LogP contribution in [0.2, 0.25) is 0 Å². The van der Waals surface area contributed by atoms with E-state index in [0.717, 1.165) is 6.42 Å². The molecule has 0 aromatic heterocycles. The van der Waals surface area contributed by atoms with Gasteiger partial charge in [0.1, 0.15) is 0 Å². The van der Waals surface area contributed by atoms with Crippen molar-refractivity contribution in [3.8, 4) is 0 Å². The quantitative estimate of drug-likeness (QED) is 0.693. The van der Waals surface area contributed by atoms with Crippen LogP contribution < -0.4 is 5.32 Å². The molecule has 0 radical (unpaired) electrons. The molecule has 0 saturated heterocycles. The monoisotopic (exact) mass is 181 g/mol. The molecule has 0 aliphatic heterocycles. The molecule has 1 amide bonds. The predicted octanol–water partition coefficient (Wildman–Crippen LogP) is 1.95. The minimum atomic E-state index is 0.275. The molecule has 2 aliphatic carbocycles. The second-order valence-corrected chi connectivity index (χ2v) is 5.42. The molecule has 1 N–H and O–H groups in total. The van der Waals surface area contributed by atoms with Crippen molar-refractivity contribution in [1.29, 1.82) is 0 Å². The van der Waals surface area contributed by atoms with Gasteiger partial charge in [0.2, 0.25) is 5.91 Å². The molecule has 2 aliphatic rings. The van der Waals surface area contributed by atoms with E-state index in [-0.39, 0.29) is 5.41 Å². The molecule has 0 bridgehead atoms. The zero-order valence-electron chi connectivity index (χ0n) is 8.76. The maximum Gasteiger partial charge on any atom is 0.223 e. The second kappa shape index (κ2) is 2.73. The number of carbonyl (C=O) groups excluding carboxylic acids is 1. The Bertz CT molecular complexity index is 234. The summed E-state index contributed by atoms with van der Waals surface area (Å²) in [6.45, 7) is 6.55. The summed E-state index contributed by atoms with van der Waals surface area (Å²) in [7, 11) is 0. The van der Waals surface area contributed by atoms with Crippen LogP contribution in [0.25, 0.3) is 0 Å². The zero-order chi connectivity index (χ0) is 9.64. The van der Waals surface area contributed by atoms with Gasteiger partial charge < -0.3 is 5.32 Å². The van der Waals surface area contributed by atoms with Gasteiger partial charge in [-0.1, -0.05) is 20.8 Å². The third-order valence-electron chi connectivity index (χ3n) is 3.78. The summed E-state index contributed by atoms with van der Waals surface area (Å²) in [6.07, 6.45) is 3.53. The number of hydrogen-bond donors (Lipinski definition) is 1. The Kier molecular flexibility index (Phi) is 1.90. The van der Waals surface area contributed by atoms with E-state index in [1.54, 1.807) is 0 Å². The largest absolute Gasteiger partial charge is 0.353 e. The van der Waals surface area contributed by atoms with Crippen molar-refractivity contribution in [1.82, 2.24) is 5.32 Å². The van der Waals surface area contributed by atoms with E-state index in [4.69, 9.17) is 0 Å². The fraction of sp³-hybridized carbons (Fsp3) is 0.909.